The van der Waals surface area contributed by atoms with Crippen molar-refractivity contribution in [1.82, 2.24) is 5.32 Å². The van der Waals surface area contributed by atoms with Gasteiger partial charge in [0.2, 0.25) is 11.8 Å². The zero-order valence-electron chi connectivity index (χ0n) is 12.8. The molecule has 128 valence electrons. The summed E-state index contributed by atoms with van der Waals surface area (Å²) in [6, 6.07) is 4.37. The number of carbonyl (C=O) groups excluding carboxylic acids is 2. The average Bonchev–Trinajstić information content (AvgIpc) is 2.43. The van der Waals surface area contributed by atoms with Crippen molar-refractivity contribution < 1.29 is 22.8 Å². The summed E-state index contributed by atoms with van der Waals surface area (Å²) in [5.41, 5.74) is 4.62. The van der Waals surface area contributed by atoms with E-state index in [1.165, 1.54) is 6.07 Å². The second kappa shape index (κ2) is 8.24. The van der Waals surface area contributed by atoms with E-state index in [0.29, 0.717) is 5.56 Å². The molecule has 0 bridgehead atoms. The zero-order chi connectivity index (χ0) is 17.6. The minimum atomic E-state index is -4.43. The highest BCUT2D eigenvalue weighted by atomic mass is 32.2. The Morgan fingerprint density at radius 2 is 1.91 bits per heavy atom. The van der Waals surface area contributed by atoms with Gasteiger partial charge >= 0.3 is 6.18 Å². The van der Waals surface area contributed by atoms with Crippen LogP contribution in [0.2, 0.25) is 0 Å². The fraction of sp³-hybridized carbons (Fsp3) is 0.467. The molecule has 1 atom stereocenters. The predicted octanol–water partition coefficient (Wildman–Crippen LogP) is 2.74. The highest BCUT2D eigenvalue weighted by Gasteiger charge is 2.31. The van der Waals surface area contributed by atoms with Gasteiger partial charge in [-0.3, -0.25) is 9.59 Å². The Bertz CT molecular complexity index is 562. The molecule has 0 aliphatic heterocycles. The van der Waals surface area contributed by atoms with E-state index in [0.717, 1.165) is 23.9 Å². The molecule has 3 N–H and O–H groups in total. The van der Waals surface area contributed by atoms with Crippen LogP contribution in [0.4, 0.5) is 13.2 Å². The quantitative estimate of drug-likeness (QED) is 0.796. The van der Waals surface area contributed by atoms with Crippen molar-refractivity contribution >= 4 is 23.6 Å². The van der Waals surface area contributed by atoms with E-state index in [9.17, 15) is 22.8 Å². The van der Waals surface area contributed by atoms with Gasteiger partial charge in [0.1, 0.15) is 0 Å². The maximum absolute atomic E-state index is 12.8. The first kappa shape index (κ1) is 19.3. The number of amides is 2. The van der Waals surface area contributed by atoms with Crippen LogP contribution in [0.25, 0.3) is 0 Å². The van der Waals surface area contributed by atoms with Crippen molar-refractivity contribution in [2.24, 2.45) is 11.7 Å². The Morgan fingerprint density at radius 1 is 1.26 bits per heavy atom. The van der Waals surface area contributed by atoms with Crippen LogP contribution >= 0.6 is 11.8 Å². The number of primary amides is 1. The fourth-order valence-corrected chi connectivity index (χ4v) is 2.57. The largest absolute Gasteiger partial charge is 0.416 e. The lowest BCUT2D eigenvalue weighted by molar-refractivity contribution is -0.137. The summed E-state index contributed by atoms with van der Waals surface area (Å²) in [6.45, 7) is 3.61. The van der Waals surface area contributed by atoms with Gasteiger partial charge in [-0.25, -0.2) is 0 Å². The Kier molecular flexibility index (Phi) is 6.93. The first-order chi connectivity index (χ1) is 10.6. The maximum atomic E-state index is 12.8. The van der Waals surface area contributed by atoms with E-state index in [4.69, 9.17) is 5.73 Å². The average molecular weight is 348 g/mol. The van der Waals surface area contributed by atoms with E-state index in [2.05, 4.69) is 5.32 Å². The van der Waals surface area contributed by atoms with Gasteiger partial charge in [-0.1, -0.05) is 26.0 Å². The minimum Gasteiger partial charge on any atom is -0.369 e. The van der Waals surface area contributed by atoms with E-state index in [1.54, 1.807) is 6.07 Å². The Morgan fingerprint density at radius 3 is 2.43 bits per heavy atom. The highest BCUT2D eigenvalue weighted by molar-refractivity contribution is 8.00. The van der Waals surface area contributed by atoms with Crippen LogP contribution in [0.15, 0.2) is 24.3 Å². The van der Waals surface area contributed by atoms with Crippen molar-refractivity contribution in [2.45, 2.75) is 26.1 Å². The minimum absolute atomic E-state index is 0.0172. The van der Waals surface area contributed by atoms with Crippen molar-refractivity contribution in [3.8, 4) is 0 Å². The third-order valence-electron chi connectivity index (χ3n) is 3.03. The third-order valence-corrected chi connectivity index (χ3v) is 3.99. The number of halogens is 3. The molecule has 0 aliphatic rings. The first-order valence-electron chi connectivity index (χ1n) is 6.94. The van der Waals surface area contributed by atoms with Crippen molar-refractivity contribution in [1.29, 1.82) is 0 Å². The number of hydrogen-bond donors (Lipinski definition) is 2. The SMILES string of the molecule is CC(C)[C@@H](NC(=O)CSCC(N)=O)c1cccc(C(F)(F)F)c1. The third kappa shape index (κ3) is 6.52. The Hall–Kier alpha value is -1.70. The second-order valence-corrected chi connectivity index (χ2v) is 6.36. The molecule has 0 spiro atoms. The van der Waals surface area contributed by atoms with E-state index in [1.807, 2.05) is 13.8 Å². The van der Waals surface area contributed by atoms with Crippen molar-refractivity contribution in [3.63, 3.8) is 0 Å². The number of nitrogens with two attached hydrogens (primary N) is 1. The number of hydrogen-bond acceptors (Lipinski definition) is 3. The lowest BCUT2D eigenvalue weighted by Crippen LogP contribution is -2.33. The van der Waals surface area contributed by atoms with Crippen LogP contribution in [0.1, 0.15) is 31.0 Å². The van der Waals surface area contributed by atoms with E-state index >= 15 is 0 Å². The summed E-state index contributed by atoms with van der Waals surface area (Å²) >= 11 is 1.06. The van der Waals surface area contributed by atoms with Crippen molar-refractivity contribution in [3.05, 3.63) is 35.4 Å². The van der Waals surface area contributed by atoms with Crippen LogP contribution in [0.5, 0.6) is 0 Å². The molecule has 4 nitrogen and oxygen atoms in total. The summed E-state index contributed by atoms with van der Waals surface area (Å²) in [6.07, 6.45) is -4.43. The van der Waals surface area contributed by atoms with Gasteiger partial charge < -0.3 is 11.1 Å². The molecule has 0 fully saturated rings. The van der Waals surface area contributed by atoms with E-state index in [-0.39, 0.29) is 23.3 Å². The molecule has 1 aromatic carbocycles. The molecule has 1 aromatic rings. The summed E-state index contributed by atoms with van der Waals surface area (Å²) in [7, 11) is 0. The fourth-order valence-electron chi connectivity index (χ4n) is 2.00. The van der Waals surface area contributed by atoms with Crippen LogP contribution < -0.4 is 11.1 Å². The topological polar surface area (TPSA) is 72.2 Å². The van der Waals surface area contributed by atoms with E-state index < -0.39 is 23.7 Å². The summed E-state index contributed by atoms with van der Waals surface area (Å²) < 4.78 is 38.4. The normalized spacial score (nSPS) is 13.0. The van der Waals surface area contributed by atoms with Gasteiger partial charge in [-0.2, -0.15) is 13.2 Å². The lowest BCUT2D eigenvalue weighted by Gasteiger charge is -2.23. The summed E-state index contributed by atoms with van der Waals surface area (Å²) in [5.74, 6) is -0.939. The molecule has 0 saturated carbocycles. The zero-order valence-corrected chi connectivity index (χ0v) is 13.6. The first-order valence-corrected chi connectivity index (χ1v) is 8.09. The molecule has 0 heterocycles. The smallest absolute Gasteiger partial charge is 0.369 e. The number of alkyl halides is 3. The van der Waals surface area contributed by atoms with Gasteiger partial charge in [-0.15, -0.1) is 11.8 Å². The molecule has 8 heteroatoms. The predicted molar refractivity (Wildman–Crippen MR) is 83.7 cm³/mol. The molecule has 0 radical (unpaired) electrons. The molecular weight excluding hydrogens is 329 g/mol. The van der Waals surface area contributed by atoms with Gasteiger partial charge in [0.05, 0.1) is 23.1 Å². The highest BCUT2D eigenvalue weighted by Crippen LogP contribution is 2.32. The number of benzene rings is 1. The van der Waals surface area contributed by atoms with Gasteiger partial charge in [0, 0.05) is 0 Å². The molecule has 1 rings (SSSR count). The lowest BCUT2D eigenvalue weighted by atomic mass is 9.94. The maximum Gasteiger partial charge on any atom is 0.416 e. The number of carbonyl (C=O) groups is 2. The number of thioether (sulfide) groups is 1. The molecule has 23 heavy (non-hydrogen) atoms. The van der Waals surface area contributed by atoms with Crippen LogP contribution in [-0.4, -0.2) is 23.3 Å². The van der Waals surface area contributed by atoms with Crippen LogP contribution in [-0.2, 0) is 15.8 Å². The van der Waals surface area contributed by atoms with Gasteiger partial charge in [0.25, 0.3) is 0 Å². The molecule has 0 saturated heterocycles. The van der Waals surface area contributed by atoms with Gasteiger partial charge in [-0.05, 0) is 23.6 Å². The second-order valence-electron chi connectivity index (χ2n) is 5.37. The number of nitrogens with one attached hydrogen (secondary N) is 1. The molecular formula is C15H19F3N2O2S. The standard InChI is InChI=1S/C15H19F3N2O2S/c1-9(2)14(20-13(22)8-23-7-12(19)21)10-4-3-5-11(6-10)15(16,17)18/h3-6,9,14H,7-8H2,1-2H3,(H2,19,21)(H,20,22)/t14-/m1/s1. The summed E-state index contributed by atoms with van der Waals surface area (Å²) in [4.78, 5) is 22.5. The van der Waals surface area contributed by atoms with Crippen LogP contribution in [0.3, 0.4) is 0 Å². The molecule has 0 aromatic heterocycles. The Balaban J connectivity index is 2.83. The molecule has 0 aliphatic carbocycles. The van der Waals surface area contributed by atoms with Gasteiger partial charge in [0.15, 0.2) is 0 Å². The van der Waals surface area contributed by atoms with Crippen molar-refractivity contribution in [2.75, 3.05) is 11.5 Å². The van der Waals surface area contributed by atoms with Crippen LogP contribution in [0, 0.1) is 5.92 Å². The summed E-state index contributed by atoms with van der Waals surface area (Å²) in [5, 5.41) is 2.71. The monoisotopic (exact) mass is 348 g/mol. The molecule has 2 amide bonds. The number of rotatable bonds is 7. The molecule has 0 unspecified atom stereocenters. The Labute approximate surface area is 137 Å².